The zero-order valence-corrected chi connectivity index (χ0v) is 19.3. The second-order valence-electron chi connectivity index (χ2n) is 9.08. The average Bonchev–Trinajstić information content (AvgIpc) is 2.64. The smallest absolute Gasteiger partial charge is 0.308 e. The van der Waals surface area contributed by atoms with Crippen LogP contribution in [0.5, 0.6) is 0 Å². The molecular weight excluding hydrogens is 352 g/mol. The minimum absolute atomic E-state index is 0.0291. The highest BCUT2D eigenvalue weighted by Crippen LogP contribution is 2.15. The van der Waals surface area contributed by atoms with E-state index in [0.717, 1.165) is 25.7 Å². The predicted molar refractivity (Wildman–Crippen MR) is 116 cm³/mol. The van der Waals surface area contributed by atoms with Crippen LogP contribution in [-0.2, 0) is 19.1 Å². The van der Waals surface area contributed by atoms with Crippen LogP contribution in [0.1, 0.15) is 112 Å². The molecule has 0 radical (unpaired) electrons. The highest BCUT2D eigenvalue weighted by Gasteiger charge is 2.14. The van der Waals surface area contributed by atoms with Gasteiger partial charge in [0.25, 0.3) is 0 Å². The Morgan fingerprint density at radius 2 is 1.04 bits per heavy atom. The van der Waals surface area contributed by atoms with E-state index in [-0.39, 0.29) is 17.9 Å². The van der Waals surface area contributed by atoms with Gasteiger partial charge in [0.15, 0.2) is 0 Å². The van der Waals surface area contributed by atoms with Gasteiger partial charge in [-0.2, -0.15) is 0 Å². The maximum absolute atomic E-state index is 11.8. The summed E-state index contributed by atoms with van der Waals surface area (Å²) in [7, 11) is 0. The van der Waals surface area contributed by atoms with Crippen molar-refractivity contribution in [2.45, 2.75) is 112 Å². The molecule has 1 unspecified atom stereocenters. The van der Waals surface area contributed by atoms with Crippen molar-refractivity contribution in [2.75, 3.05) is 13.2 Å². The van der Waals surface area contributed by atoms with Gasteiger partial charge >= 0.3 is 11.9 Å². The van der Waals surface area contributed by atoms with Crippen LogP contribution in [0.15, 0.2) is 0 Å². The van der Waals surface area contributed by atoms with Crippen molar-refractivity contribution in [3.05, 3.63) is 0 Å². The van der Waals surface area contributed by atoms with Crippen molar-refractivity contribution in [1.29, 1.82) is 0 Å². The molecule has 4 heteroatoms. The molecule has 0 heterocycles. The summed E-state index contributed by atoms with van der Waals surface area (Å²) < 4.78 is 10.5. The molecule has 0 saturated carbocycles. The molecule has 0 aromatic carbocycles. The lowest BCUT2D eigenvalue weighted by atomic mass is 10.0. The first-order valence-corrected chi connectivity index (χ1v) is 11.6. The second-order valence-corrected chi connectivity index (χ2v) is 9.08. The molecule has 0 fully saturated rings. The lowest BCUT2D eigenvalue weighted by Gasteiger charge is -2.12. The number of ether oxygens (including phenoxy) is 2. The van der Waals surface area contributed by atoms with E-state index < -0.39 is 0 Å². The van der Waals surface area contributed by atoms with Crippen LogP contribution in [0.25, 0.3) is 0 Å². The molecule has 0 aromatic heterocycles. The minimum atomic E-state index is -0.0452. The molecule has 166 valence electrons. The van der Waals surface area contributed by atoms with Gasteiger partial charge in [0.05, 0.1) is 19.1 Å². The Bertz CT molecular complexity index is 390. The van der Waals surface area contributed by atoms with Crippen molar-refractivity contribution in [1.82, 2.24) is 0 Å². The molecule has 4 nitrogen and oxygen atoms in total. The van der Waals surface area contributed by atoms with E-state index in [1.54, 1.807) is 0 Å². The van der Waals surface area contributed by atoms with Crippen LogP contribution in [0.2, 0.25) is 0 Å². The van der Waals surface area contributed by atoms with Gasteiger partial charge in [-0.1, -0.05) is 92.4 Å². The molecule has 0 aliphatic rings. The predicted octanol–water partition coefficient (Wildman–Crippen LogP) is 6.70. The number of hydrogen-bond acceptors (Lipinski definition) is 4. The summed E-state index contributed by atoms with van der Waals surface area (Å²) in [6, 6.07) is 0. The fourth-order valence-electron chi connectivity index (χ4n) is 2.97. The van der Waals surface area contributed by atoms with Crippen molar-refractivity contribution in [3.63, 3.8) is 0 Å². The summed E-state index contributed by atoms with van der Waals surface area (Å²) in [5.41, 5.74) is 0. The Kier molecular flexibility index (Phi) is 17.3. The lowest BCUT2D eigenvalue weighted by Crippen LogP contribution is -2.17. The Morgan fingerprint density at radius 3 is 1.54 bits per heavy atom. The fourth-order valence-corrected chi connectivity index (χ4v) is 2.97. The molecular formula is C24H46O4. The Balaban J connectivity index is 3.33. The molecule has 0 rings (SSSR count). The van der Waals surface area contributed by atoms with E-state index in [1.807, 2.05) is 6.92 Å². The highest BCUT2D eigenvalue weighted by molar-refractivity contribution is 5.71. The van der Waals surface area contributed by atoms with Crippen molar-refractivity contribution < 1.29 is 19.1 Å². The maximum Gasteiger partial charge on any atom is 0.308 e. The molecule has 1 atom stereocenters. The van der Waals surface area contributed by atoms with Crippen LogP contribution in [0.3, 0.4) is 0 Å². The monoisotopic (exact) mass is 398 g/mol. The van der Waals surface area contributed by atoms with E-state index in [0.29, 0.717) is 31.5 Å². The van der Waals surface area contributed by atoms with E-state index in [2.05, 4.69) is 27.7 Å². The number of esters is 2. The Hall–Kier alpha value is -1.06. The molecule has 0 saturated heterocycles. The molecule has 0 aliphatic heterocycles. The number of carbonyl (C=O) groups is 2. The molecule has 0 bridgehead atoms. The molecule has 28 heavy (non-hydrogen) atoms. The van der Waals surface area contributed by atoms with Crippen LogP contribution in [0.4, 0.5) is 0 Å². The summed E-state index contributed by atoms with van der Waals surface area (Å²) in [5, 5.41) is 0. The Morgan fingerprint density at radius 1 is 0.607 bits per heavy atom. The number of hydrogen-bond donors (Lipinski definition) is 0. The zero-order chi connectivity index (χ0) is 21.2. The molecule has 0 aromatic rings. The third kappa shape index (κ3) is 18.3. The van der Waals surface area contributed by atoms with Crippen LogP contribution in [-0.4, -0.2) is 25.2 Å². The first-order chi connectivity index (χ1) is 13.3. The van der Waals surface area contributed by atoms with Gasteiger partial charge in [-0.15, -0.1) is 0 Å². The number of rotatable bonds is 18. The first kappa shape index (κ1) is 26.9. The van der Waals surface area contributed by atoms with Gasteiger partial charge in [-0.05, 0) is 24.7 Å². The highest BCUT2D eigenvalue weighted by atomic mass is 16.5. The fraction of sp³-hybridized carbons (Fsp3) is 0.917. The third-order valence-electron chi connectivity index (χ3n) is 4.81. The summed E-state index contributed by atoms with van der Waals surface area (Å²) in [6.07, 6.45) is 13.5. The number of unbranched alkanes of at least 4 members (excludes halogenated alkanes) is 9. The standard InChI is InChI=1S/C24H46O4/c1-20(2)18-27-23(25)17-15-13-11-9-7-6-8-10-12-14-16-22(5)24(26)28-19-21(3)4/h20-22H,6-19H2,1-5H3. The maximum atomic E-state index is 11.8. The van der Waals surface area contributed by atoms with Crippen molar-refractivity contribution in [3.8, 4) is 0 Å². The molecule has 0 spiro atoms. The van der Waals surface area contributed by atoms with Crippen molar-refractivity contribution >= 4 is 11.9 Å². The van der Waals surface area contributed by atoms with Gasteiger partial charge in [-0.3, -0.25) is 9.59 Å². The van der Waals surface area contributed by atoms with Crippen LogP contribution >= 0.6 is 0 Å². The Labute approximate surface area is 174 Å². The second kappa shape index (κ2) is 18.0. The summed E-state index contributed by atoms with van der Waals surface area (Å²) in [5.74, 6) is 0.764. The summed E-state index contributed by atoms with van der Waals surface area (Å²) in [4.78, 5) is 23.3. The van der Waals surface area contributed by atoms with E-state index in [9.17, 15) is 9.59 Å². The van der Waals surface area contributed by atoms with Crippen molar-refractivity contribution in [2.24, 2.45) is 17.8 Å². The third-order valence-corrected chi connectivity index (χ3v) is 4.81. The average molecular weight is 399 g/mol. The van der Waals surface area contributed by atoms with Crippen LogP contribution < -0.4 is 0 Å². The SMILES string of the molecule is CC(C)COC(=O)CCCCCCCCCCCCC(C)C(=O)OCC(C)C. The lowest BCUT2D eigenvalue weighted by molar-refractivity contribution is -0.149. The zero-order valence-electron chi connectivity index (χ0n) is 19.3. The van der Waals surface area contributed by atoms with E-state index >= 15 is 0 Å². The molecule has 0 aliphatic carbocycles. The van der Waals surface area contributed by atoms with Gasteiger partial charge < -0.3 is 9.47 Å². The largest absolute Gasteiger partial charge is 0.465 e. The van der Waals surface area contributed by atoms with Crippen LogP contribution in [0, 0.1) is 17.8 Å². The number of carbonyl (C=O) groups excluding carboxylic acids is 2. The van der Waals surface area contributed by atoms with E-state index in [4.69, 9.17) is 9.47 Å². The minimum Gasteiger partial charge on any atom is -0.465 e. The topological polar surface area (TPSA) is 52.6 Å². The summed E-state index contributed by atoms with van der Waals surface area (Å²) >= 11 is 0. The van der Waals surface area contributed by atoms with Gasteiger partial charge in [0.2, 0.25) is 0 Å². The molecule has 0 N–H and O–H groups in total. The van der Waals surface area contributed by atoms with Gasteiger partial charge in [-0.25, -0.2) is 0 Å². The van der Waals surface area contributed by atoms with E-state index in [1.165, 1.54) is 44.9 Å². The first-order valence-electron chi connectivity index (χ1n) is 11.6. The van der Waals surface area contributed by atoms with Gasteiger partial charge in [0, 0.05) is 6.42 Å². The van der Waals surface area contributed by atoms with Gasteiger partial charge in [0.1, 0.15) is 0 Å². The normalized spacial score (nSPS) is 12.4. The summed E-state index contributed by atoms with van der Waals surface area (Å²) in [6.45, 7) is 11.3. The quantitative estimate of drug-likeness (QED) is 0.190. The molecule has 0 amide bonds.